The molecular formula is C19H24N2O3. The van der Waals surface area contributed by atoms with Crippen molar-refractivity contribution in [1.82, 2.24) is 10.2 Å². The van der Waals surface area contributed by atoms with E-state index in [0.29, 0.717) is 18.5 Å². The predicted octanol–water partition coefficient (Wildman–Crippen LogP) is 1.55. The number of rotatable bonds is 3. The normalized spacial score (nSPS) is 17.7. The molecule has 0 bridgehead atoms. The largest absolute Gasteiger partial charge is 0.378 e. The molecule has 1 fully saturated rings. The summed E-state index contributed by atoms with van der Waals surface area (Å²) < 4.78 is 0. The molecule has 1 aliphatic rings. The fourth-order valence-corrected chi connectivity index (χ4v) is 2.53. The lowest BCUT2D eigenvalue weighted by atomic mass is 10.1. The minimum atomic E-state index is -1.05. The molecule has 1 heterocycles. The maximum atomic E-state index is 12.3. The Hall–Kier alpha value is -2.32. The van der Waals surface area contributed by atoms with Gasteiger partial charge in [-0.2, -0.15) is 0 Å². The Labute approximate surface area is 143 Å². The summed E-state index contributed by atoms with van der Waals surface area (Å²) in [5, 5.41) is 12.5. The van der Waals surface area contributed by atoms with Crippen molar-refractivity contribution in [2.75, 3.05) is 6.54 Å². The third kappa shape index (κ3) is 4.84. The van der Waals surface area contributed by atoms with E-state index in [1.54, 1.807) is 43.0 Å². The number of amides is 2. The minimum absolute atomic E-state index is 0.0764. The number of aliphatic hydroxyl groups is 1. The van der Waals surface area contributed by atoms with E-state index in [0.717, 1.165) is 5.56 Å². The lowest BCUT2D eigenvalue weighted by molar-refractivity contribution is -0.129. The van der Waals surface area contributed by atoms with E-state index in [1.165, 1.54) is 0 Å². The van der Waals surface area contributed by atoms with Gasteiger partial charge in [0.05, 0.1) is 6.04 Å². The summed E-state index contributed by atoms with van der Waals surface area (Å²) in [6.07, 6.45) is 0.346. The Morgan fingerprint density at radius 3 is 2.46 bits per heavy atom. The van der Waals surface area contributed by atoms with Gasteiger partial charge in [-0.1, -0.05) is 11.8 Å². The quantitative estimate of drug-likeness (QED) is 0.827. The van der Waals surface area contributed by atoms with E-state index < -0.39 is 5.60 Å². The van der Waals surface area contributed by atoms with Crippen LogP contribution in [-0.2, 0) is 4.79 Å². The molecule has 2 rings (SSSR count). The summed E-state index contributed by atoms with van der Waals surface area (Å²) in [5.74, 6) is 5.48. The highest BCUT2D eigenvalue weighted by atomic mass is 16.3. The molecule has 24 heavy (non-hydrogen) atoms. The Morgan fingerprint density at radius 2 is 1.96 bits per heavy atom. The number of hydrogen-bond donors (Lipinski definition) is 2. The number of carbonyl (C=O) groups excluding carboxylic acids is 2. The number of nitrogens with zero attached hydrogens (tertiary/aromatic N) is 1. The molecule has 5 nitrogen and oxygen atoms in total. The first-order chi connectivity index (χ1) is 11.2. The lowest BCUT2D eigenvalue weighted by Crippen LogP contribution is -2.38. The van der Waals surface area contributed by atoms with E-state index in [4.69, 9.17) is 0 Å². The summed E-state index contributed by atoms with van der Waals surface area (Å²) in [5.41, 5.74) is 0.211. The highest BCUT2D eigenvalue weighted by Crippen LogP contribution is 2.15. The van der Waals surface area contributed by atoms with Gasteiger partial charge in [-0.3, -0.25) is 9.59 Å². The molecule has 0 saturated carbocycles. The molecule has 0 aromatic heterocycles. The van der Waals surface area contributed by atoms with E-state index in [2.05, 4.69) is 17.2 Å². The van der Waals surface area contributed by atoms with Crippen molar-refractivity contribution in [3.8, 4) is 11.8 Å². The Bertz CT molecular complexity index is 675. The van der Waals surface area contributed by atoms with E-state index in [-0.39, 0.29) is 23.9 Å². The molecule has 2 amide bonds. The van der Waals surface area contributed by atoms with Crippen molar-refractivity contribution in [3.05, 3.63) is 35.4 Å². The Morgan fingerprint density at radius 1 is 1.33 bits per heavy atom. The fraction of sp³-hybridized carbons (Fsp3) is 0.474. The second-order valence-corrected chi connectivity index (χ2v) is 6.90. The van der Waals surface area contributed by atoms with Gasteiger partial charge in [0, 0.05) is 30.1 Å². The maximum Gasteiger partial charge on any atom is 0.251 e. The zero-order chi connectivity index (χ0) is 17.9. The summed E-state index contributed by atoms with van der Waals surface area (Å²) in [4.78, 5) is 26.0. The van der Waals surface area contributed by atoms with Crippen LogP contribution < -0.4 is 5.32 Å². The Balaban J connectivity index is 1.98. The molecular weight excluding hydrogens is 304 g/mol. The minimum Gasteiger partial charge on any atom is -0.378 e. The molecule has 0 spiro atoms. The van der Waals surface area contributed by atoms with Gasteiger partial charge in [-0.25, -0.2) is 0 Å². The average molecular weight is 328 g/mol. The monoisotopic (exact) mass is 328 g/mol. The average Bonchev–Trinajstić information content (AvgIpc) is 2.85. The van der Waals surface area contributed by atoms with Gasteiger partial charge >= 0.3 is 0 Å². The molecule has 5 heteroatoms. The summed E-state index contributed by atoms with van der Waals surface area (Å²) in [6.45, 7) is 7.72. The van der Waals surface area contributed by atoms with Gasteiger partial charge in [0.25, 0.3) is 5.91 Å². The van der Waals surface area contributed by atoms with Crippen molar-refractivity contribution >= 4 is 11.8 Å². The third-order valence-corrected chi connectivity index (χ3v) is 3.78. The summed E-state index contributed by atoms with van der Waals surface area (Å²) in [6, 6.07) is 6.87. The molecule has 0 unspecified atom stereocenters. The highest BCUT2D eigenvalue weighted by Gasteiger charge is 2.32. The summed E-state index contributed by atoms with van der Waals surface area (Å²) in [7, 11) is 0. The zero-order valence-electron chi connectivity index (χ0n) is 14.6. The number of likely N-dealkylation sites (tertiary alicyclic amines) is 1. The number of hydrogen-bond acceptors (Lipinski definition) is 3. The molecule has 1 aromatic carbocycles. The van der Waals surface area contributed by atoms with Gasteiger partial charge in [0.1, 0.15) is 5.60 Å². The van der Waals surface area contributed by atoms with Crippen LogP contribution in [0.25, 0.3) is 0 Å². The topological polar surface area (TPSA) is 69.6 Å². The van der Waals surface area contributed by atoms with Crippen molar-refractivity contribution in [1.29, 1.82) is 0 Å². The van der Waals surface area contributed by atoms with Crippen LogP contribution >= 0.6 is 0 Å². The molecule has 1 aliphatic heterocycles. The van der Waals surface area contributed by atoms with Crippen molar-refractivity contribution < 1.29 is 14.7 Å². The highest BCUT2D eigenvalue weighted by molar-refractivity contribution is 5.95. The molecule has 1 atom stereocenters. The first-order valence-corrected chi connectivity index (χ1v) is 8.11. The van der Waals surface area contributed by atoms with Crippen LogP contribution in [0.15, 0.2) is 24.3 Å². The van der Waals surface area contributed by atoms with Gasteiger partial charge in [0.2, 0.25) is 5.91 Å². The van der Waals surface area contributed by atoms with Crippen LogP contribution in [0.1, 0.15) is 50.0 Å². The smallest absolute Gasteiger partial charge is 0.251 e. The summed E-state index contributed by atoms with van der Waals surface area (Å²) >= 11 is 0. The lowest BCUT2D eigenvalue weighted by Gasteiger charge is -2.21. The molecule has 128 valence electrons. The molecule has 2 N–H and O–H groups in total. The molecule has 1 aromatic rings. The van der Waals surface area contributed by atoms with Crippen LogP contribution in [0.4, 0.5) is 0 Å². The molecule has 0 aliphatic carbocycles. The first-order valence-electron chi connectivity index (χ1n) is 8.11. The molecule has 0 radical (unpaired) electrons. The van der Waals surface area contributed by atoms with E-state index >= 15 is 0 Å². The maximum absolute atomic E-state index is 12.3. The van der Waals surface area contributed by atoms with Gasteiger partial charge in [-0.05, 0) is 52.0 Å². The van der Waals surface area contributed by atoms with Crippen LogP contribution in [-0.4, -0.2) is 46.1 Å². The van der Waals surface area contributed by atoms with E-state index in [1.807, 2.05) is 13.8 Å². The van der Waals surface area contributed by atoms with Crippen LogP contribution in [0.3, 0.4) is 0 Å². The van der Waals surface area contributed by atoms with Crippen molar-refractivity contribution in [2.45, 2.75) is 51.8 Å². The second-order valence-electron chi connectivity index (χ2n) is 6.90. The van der Waals surface area contributed by atoms with E-state index in [9.17, 15) is 14.7 Å². The fourth-order valence-electron chi connectivity index (χ4n) is 2.53. The van der Waals surface area contributed by atoms with Gasteiger partial charge in [0.15, 0.2) is 0 Å². The predicted molar refractivity (Wildman–Crippen MR) is 92.3 cm³/mol. The third-order valence-electron chi connectivity index (χ3n) is 3.78. The number of nitrogens with one attached hydrogen (secondary N) is 1. The standard InChI is InChI=1S/C19H24N2O3/c1-13(2)21-12-16(11-17(21)22)20-18(23)15-7-5-14(6-8-15)9-10-19(3,4)24/h5-8,13,16,24H,11-12H2,1-4H3,(H,20,23)/t16-/m0/s1. The first kappa shape index (κ1) is 18.0. The number of carbonyl (C=O) groups is 2. The Kier molecular flexibility index (Phi) is 5.30. The van der Waals surface area contributed by atoms with Crippen LogP contribution in [0.5, 0.6) is 0 Å². The van der Waals surface area contributed by atoms with Crippen molar-refractivity contribution in [2.24, 2.45) is 0 Å². The second kappa shape index (κ2) is 7.06. The zero-order valence-corrected chi connectivity index (χ0v) is 14.6. The van der Waals surface area contributed by atoms with Crippen LogP contribution in [0.2, 0.25) is 0 Å². The van der Waals surface area contributed by atoms with Crippen molar-refractivity contribution in [3.63, 3.8) is 0 Å². The van der Waals surface area contributed by atoms with Gasteiger partial charge in [-0.15, -0.1) is 0 Å². The number of benzene rings is 1. The van der Waals surface area contributed by atoms with Gasteiger partial charge < -0.3 is 15.3 Å². The molecule has 1 saturated heterocycles. The van der Waals surface area contributed by atoms with Crippen LogP contribution in [0, 0.1) is 11.8 Å². The SMILES string of the molecule is CC(C)N1C[C@@H](NC(=O)c2ccc(C#CC(C)(C)O)cc2)CC1=O.